The Kier molecular flexibility index (Phi) is 3.62. The monoisotopic (exact) mass is 276 g/mol. The zero-order valence-corrected chi connectivity index (χ0v) is 11.8. The highest BCUT2D eigenvalue weighted by Gasteiger charge is 2.23. The van der Waals surface area contributed by atoms with Gasteiger partial charge >= 0.3 is 0 Å². The third-order valence-electron chi connectivity index (χ3n) is 3.59. The lowest BCUT2D eigenvalue weighted by Crippen LogP contribution is -2.19. The molecule has 100 valence electrons. The van der Waals surface area contributed by atoms with Gasteiger partial charge in [-0.1, -0.05) is 12.1 Å². The molecule has 1 unspecified atom stereocenters. The van der Waals surface area contributed by atoms with Crippen molar-refractivity contribution >= 4 is 11.3 Å². The van der Waals surface area contributed by atoms with Crippen LogP contribution in [-0.2, 0) is 12.8 Å². The minimum absolute atomic E-state index is 0.174. The van der Waals surface area contributed by atoms with Crippen LogP contribution in [0, 0.1) is 5.82 Å². The van der Waals surface area contributed by atoms with Gasteiger partial charge in [-0.3, -0.25) is 0 Å². The maximum atomic E-state index is 13.2. The lowest BCUT2D eigenvalue weighted by atomic mass is 9.98. The van der Waals surface area contributed by atoms with Crippen molar-refractivity contribution in [1.82, 2.24) is 10.3 Å². The third-order valence-corrected chi connectivity index (χ3v) is 4.80. The average molecular weight is 276 g/mol. The van der Waals surface area contributed by atoms with Crippen LogP contribution in [-0.4, -0.2) is 12.0 Å². The number of hydrogen-bond donors (Lipinski definition) is 1. The molecule has 3 rings (SSSR count). The fourth-order valence-corrected chi connectivity index (χ4v) is 3.93. The zero-order valence-electron chi connectivity index (χ0n) is 10.9. The molecule has 0 radical (unpaired) electrons. The van der Waals surface area contributed by atoms with E-state index < -0.39 is 0 Å². The molecule has 2 nitrogen and oxygen atoms in total. The Bertz CT molecular complexity index is 579. The lowest BCUT2D eigenvalue weighted by molar-refractivity contribution is 0.501. The van der Waals surface area contributed by atoms with Gasteiger partial charge in [0.25, 0.3) is 0 Å². The van der Waals surface area contributed by atoms with Crippen LogP contribution in [0.25, 0.3) is 0 Å². The SMILES string of the molecule is CNC1CCCc2nc(Cc3cccc(F)c3)sc21. The number of aromatic nitrogens is 1. The first-order valence-electron chi connectivity index (χ1n) is 6.66. The van der Waals surface area contributed by atoms with E-state index in [1.165, 1.54) is 29.5 Å². The molecule has 0 aliphatic heterocycles. The standard InChI is InChI=1S/C15H17FN2S/c1-17-12-6-3-7-13-15(12)19-14(18-13)9-10-4-2-5-11(16)8-10/h2,4-5,8,12,17H,3,6-7,9H2,1H3. The van der Waals surface area contributed by atoms with Crippen LogP contribution >= 0.6 is 11.3 Å². The molecule has 0 amide bonds. The van der Waals surface area contributed by atoms with E-state index in [9.17, 15) is 4.39 Å². The van der Waals surface area contributed by atoms with E-state index in [1.54, 1.807) is 23.5 Å². The second-order valence-corrected chi connectivity index (χ2v) is 6.07. The number of nitrogens with zero attached hydrogens (tertiary/aromatic N) is 1. The Morgan fingerprint density at radius 1 is 1.47 bits per heavy atom. The summed E-state index contributed by atoms with van der Waals surface area (Å²) in [6.45, 7) is 0. The van der Waals surface area contributed by atoms with E-state index in [0.717, 1.165) is 23.4 Å². The van der Waals surface area contributed by atoms with Crippen molar-refractivity contribution in [1.29, 1.82) is 0 Å². The Morgan fingerprint density at radius 2 is 2.37 bits per heavy atom. The normalized spacial score (nSPS) is 18.3. The molecule has 19 heavy (non-hydrogen) atoms. The van der Waals surface area contributed by atoms with Gasteiger partial charge in [0.2, 0.25) is 0 Å². The summed E-state index contributed by atoms with van der Waals surface area (Å²) in [6.07, 6.45) is 4.19. The van der Waals surface area contributed by atoms with Crippen LogP contribution in [0.3, 0.4) is 0 Å². The third kappa shape index (κ3) is 2.69. The van der Waals surface area contributed by atoms with E-state index in [-0.39, 0.29) is 5.82 Å². The molecular weight excluding hydrogens is 259 g/mol. The largest absolute Gasteiger partial charge is 0.312 e. The number of aryl methyl sites for hydroxylation is 1. The van der Waals surface area contributed by atoms with Gasteiger partial charge in [-0.25, -0.2) is 9.37 Å². The van der Waals surface area contributed by atoms with Crippen LogP contribution in [0.5, 0.6) is 0 Å². The summed E-state index contributed by atoms with van der Waals surface area (Å²) in [7, 11) is 2.01. The van der Waals surface area contributed by atoms with E-state index in [4.69, 9.17) is 4.98 Å². The first kappa shape index (κ1) is 12.8. The summed E-state index contributed by atoms with van der Waals surface area (Å²) in [5.41, 5.74) is 2.23. The van der Waals surface area contributed by atoms with E-state index in [0.29, 0.717) is 6.04 Å². The highest BCUT2D eigenvalue weighted by atomic mass is 32.1. The maximum Gasteiger partial charge on any atom is 0.123 e. The van der Waals surface area contributed by atoms with E-state index >= 15 is 0 Å². The van der Waals surface area contributed by atoms with Gasteiger partial charge in [-0.15, -0.1) is 11.3 Å². The van der Waals surface area contributed by atoms with Crippen molar-refractivity contribution < 1.29 is 4.39 Å². The van der Waals surface area contributed by atoms with Crippen LogP contribution in [0.1, 0.15) is 40.0 Å². The Balaban J connectivity index is 1.85. The Labute approximate surface area is 116 Å². The molecule has 1 heterocycles. The number of thiazole rings is 1. The minimum atomic E-state index is -0.174. The maximum absolute atomic E-state index is 13.2. The molecule has 1 N–H and O–H groups in total. The number of nitrogens with one attached hydrogen (secondary N) is 1. The highest BCUT2D eigenvalue weighted by Crippen LogP contribution is 2.34. The number of fused-ring (bicyclic) bond motifs is 1. The van der Waals surface area contributed by atoms with Gasteiger partial charge in [0.15, 0.2) is 0 Å². The molecule has 0 fully saturated rings. The van der Waals surface area contributed by atoms with Crippen LogP contribution in [0.15, 0.2) is 24.3 Å². The molecule has 0 saturated carbocycles. The van der Waals surface area contributed by atoms with E-state index in [1.807, 2.05) is 13.1 Å². The van der Waals surface area contributed by atoms with E-state index in [2.05, 4.69) is 5.32 Å². The van der Waals surface area contributed by atoms with Crippen LogP contribution < -0.4 is 5.32 Å². The fourth-order valence-electron chi connectivity index (χ4n) is 2.64. The smallest absolute Gasteiger partial charge is 0.123 e. The van der Waals surface area contributed by atoms with Gasteiger partial charge in [-0.2, -0.15) is 0 Å². The minimum Gasteiger partial charge on any atom is -0.312 e. The molecule has 1 aliphatic rings. The van der Waals surface area contributed by atoms with Gasteiger partial charge in [0, 0.05) is 17.3 Å². The van der Waals surface area contributed by atoms with Crippen molar-refractivity contribution in [2.75, 3.05) is 7.05 Å². The van der Waals surface area contributed by atoms with Gasteiger partial charge in [0.1, 0.15) is 5.82 Å². The zero-order chi connectivity index (χ0) is 13.2. The Hall–Kier alpha value is -1.26. The summed E-state index contributed by atoms with van der Waals surface area (Å²) in [5.74, 6) is -0.174. The van der Waals surface area contributed by atoms with Crippen molar-refractivity contribution in [2.24, 2.45) is 0 Å². The first-order valence-corrected chi connectivity index (χ1v) is 7.48. The highest BCUT2D eigenvalue weighted by molar-refractivity contribution is 7.11. The number of hydrogen-bond acceptors (Lipinski definition) is 3. The predicted octanol–water partition coefficient (Wildman–Crippen LogP) is 3.47. The average Bonchev–Trinajstić information content (AvgIpc) is 2.80. The quantitative estimate of drug-likeness (QED) is 0.928. The fraction of sp³-hybridized carbons (Fsp3) is 0.400. The molecule has 1 aromatic heterocycles. The second-order valence-electron chi connectivity index (χ2n) is 4.96. The van der Waals surface area contributed by atoms with Crippen LogP contribution in [0.2, 0.25) is 0 Å². The number of rotatable bonds is 3. The number of halogens is 1. The summed E-state index contributed by atoms with van der Waals surface area (Å²) in [5, 5.41) is 4.45. The van der Waals surface area contributed by atoms with Gasteiger partial charge < -0.3 is 5.32 Å². The molecule has 1 aromatic carbocycles. The topological polar surface area (TPSA) is 24.9 Å². The summed E-state index contributed by atoms with van der Waals surface area (Å²) in [6, 6.07) is 7.24. The molecule has 0 bridgehead atoms. The van der Waals surface area contributed by atoms with Crippen molar-refractivity contribution in [3.63, 3.8) is 0 Å². The lowest BCUT2D eigenvalue weighted by Gasteiger charge is -2.20. The molecule has 0 saturated heterocycles. The summed E-state index contributed by atoms with van der Waals surface area (Å²) >= 11 is 1.77. The molecule has 0 spiro atoms. The van der Waals surface area contributed by atoms with Crippen molar-refractivity contribution in [3.05, 3.63) is 51.2 Å². The van der Waals surface area contributed by atoms with Crippen LogP contribution in [0.4, 0.5) is 4.39 Å². The molecule has 4 heteroatoms. The summed E-state index contributed by atoms with van der Waals surface area (Å²) < 4.78 is 13.2. The molecule has 2 aromatic rings. The van der Waals surface area contributed by atoms with Gasteiger partial charge in [-0.05, 0) is 44.0 Å². The van der Waals surface area contributed by atoms with Gasteiger partial charge in [0.05, 0.1) is 10.7 Å². The molecular formula is C15H17FN2S. The summed E-state index contributed by atoms with van der Waals surface area (Å²) in [4.78, 5) is 6.11. The van der Waals surface area contributed by atoms with Crippen molar-refractivity contribution in [3.8, 4) is 0 Å². The Morgan fingerprint density at radius 3 is 3.16 bits per heavy atom. The molecule has 1 aliphatic carbocycles. The van der Waals surface area contributed by atoms with Crippen molar-refractivity contribution in [2.45, 2.75) is 31.7 Å². The number of benzene rings is 1. The predicted molar refractivity (Wildman–Crippen MR) is 76.1 cm³/mol. The molecule has 1 atom stereocenters. The second kappa shape index (κ2) is 5.39. The first-order chi connectivity index (χ1) is 9.26.